The van der Waals surface area contributed by atoms with Crippen LogP contribution < -0.4 is 4.89 Å². The van der Waals surface area contributed by atoms with Crippen molar-refractivity contribution in [1.29, 1.82) is 0 Å². The Balaban J connectivity index is 3.97. The average Bonchev–Trinajstić information content (AvgIpc) is 1.08. The van der Waals surface area contributed by atoms with E-state index < -0.39 is 26.5 Å². The lowest BCUT2D eigenvalue weighted by Gasteiger charge is -2.28. The molecule has 564 valence electrons. The van der Waals surface area contributed by atoms with Gasteiger partial charge >= 0.3 is 11.9 Å². The third-order valence-electron chi connectivity index (χ3n) is 17.7. The summed E-state index contributed by atoms with van der Waals surface area (Å²) in [6.45, 7) is 4.15. The minimum absolute atomic E-state index is 0.0334. The Kier molecular flexibility index (Phi) is 74.3. The number of rotatable bonds is 75. The highest BCUT2D eigenvalue weighted by Gasteiger charge is 2.22. The Morgan fingerprint density at radius 2 is 0.582 bits per heavy atom. The van der Waals surface area contributed by atoms with Crippen molar-refractivity contribution in [2.24, 2.45) is 0 Å². The van der Waals surface area contributed by atoms with Crippen molar-refractivity contribution in [3.8, 4) is 0 Å². The predicted molar refractivity (Wildman–Crippen MR) is 424 cm³/mol. The minimum Gasteiger partial charge on any atom is -0.756 e. The van der Waals surface area contributed by atoms with Gasteiger partial charge in [-0.3, -0.25) is 14.2 Å². The van der Waals surface area contributed by atoms with Crippen LogP contribution in [0.4, 0.5) is 0 Å². The molecule has 0 aromatic rings. The van der Waals surface area contributed by atoms with Gasteiger partial charge in [0.05, 0.1) is 27.7 Å². The Hall–Kier alpha value is -3.85. The van der Waals surface area contributed by atoms with E-state index in [9.17, 15) is 19.0 Å². The van der Waals surface area contributed by atoms with Crippen LogP contribution >= 0.6 is 7.82 Å². The fraction of sp³-hybridized carbons (Fsp3) is 0.727. The first kappa shape index (κ1) is 94.2. The molecule has 0 aromatic heterocycles. The van der Waals surface area contributed by atoms with Crippen LogP contribution in [-0.2, 0) is 32.7 Å². The lowest BCUT2D eigenvalue weighted by atomic mass is 10.0. The molecular weight excluding hydrogens is 1230 g/mol. The first-order chi connectivity index (χ1) is 48.0. The summed E-state index contributed by atoms with van der Waals surface area (Å²) in [5, 5.41) is 0. The topological polar surface area (TPSA) is 111 Å². The Labute approximate surface area is 606 Å². The van der Waals surface area contributed by atoms with Gasteiger partial charge in [0.2, 0.25) is 0 Å². The molecule has 0 spiro atoms. The molecule has 0 aromatic carbocycles. The van der Waals surface area contributed by atoms with E-state index in [0.29, 0.717) is 17.4 Å². The minimum atomic E-state index is -4.65. The number of hydrogen-bond acceptors (Lipinski definition) is 8. The quantitative estimate of drug-likeness (QED) is 0.0195. The highest BCUT2D eigenvalue weighted by atomic mass is 31.2. The number of phosphoric ester groups is 1. The molecule has 0 aliphatic rings. The highest BCUT2D eigenvalue weighted by Crippen LogP contribution is 2.38. The van der Waals surface area contributed by atoms with E-state index in [4.69, 9.17) is 18.5 Å². The van der Waals surface area contributed by atoms with E-state index in [1.165, 1.54) is 225 Å². The Morgan fingerprint density at radius 1 is 0.327 bits per heavy atom. The molecule has 0 aliphatic heterocycles. The van der Waals surface area contributed by atoms with Crippen LogP contribution in [-0.4, -0.2) is 70.0 Å². The first-order valence-electron chi connectivity index (χ1n) is 40.9. The summed E-state index contributed by atoms with van der Waals surface area (Å²) in [7, 11) is 1.17. The van der Waals surface area contributed by atoms with Crippen molar-refractivity contribution in [1.82, 2.24) is 0 Å². The molecule has 10 heteroatoms. The third-order valence-corrected chi connectivity index (χ3v) is 18.6. The zero-order valence-electron chi connectivity index (χ0n) is 64.5. The van der Waals surface area contributed by atoms with E-state index in [0.717, 1.165) is 103 Å². The molecule has 0 saturated heterocycles. The van der Waals surface area contributed by atoms with E-state index in [2.05, 4.69) is 148 Å². The van der Waals surface area contributed by atoms with Crippen LogP contribution in [0, 0.1) is 0 Å². The summed E-state index contributed by atoms with van der Waals surface area (Å²) in [4.78, 5) is 38.2. The zero-order valence-corrected chi connectivity index (χ0v) is 65.3. The van der Waals surface area contributed by atoms with E-state index in [1.54, 1.807) is 0 Å². The summed E-state index contributed by atoms with van der Waals surface area (Å²) < 4.78 is 34.4. The van der Waals surface area contributed by atoms with Crippen LogP contribution in [0.5, 0.6) is 0 Å². The third kappa shape index (κ3) is 81.1. The fourth-order valence-corrected chi connectivity index (χ4v) is 12.2. The van der Waals surface area contributed by atoms with Crippen LogP contribution in [0.1, 0.15) is 361 Å². The number of unbranched alkanes of at least 4 members (excludes halogenated alkanes) is 39. The second kappa shape index (κ2) is 77.3. The summed E-state index contributed by atoms with van der Waals surface area (Å²) >= 11 is 0. The van der Waals surface area contributed by atoms with E-state index >= 15 is 0 Å². The molecule has 2 unspecified atom stereocenters. The lowest BCUT2D eigenvalue weighted by molar-refractivity contribution is -0.870. The number of esters is 2. The van der Waals surface area contributed by atoms with Gasteiger partial charge in [-0.15, -0.1) is 0 Å². The van der Waals surface area contributed by atoms with Gasteiger partial charge in [0.25, 0.3) is 7.82 Å². The summed E-state index contributed by atoms with van der Waals surface area (Å²) in [6.07, 6.45) is 113. The van der Waals surface area contributed by atoms with Gasteiger partial charge < -0.3 is 27.9 Å². The largest absolute Gasteiger partial charge is 0.756 e. The van der Waals surface area contributed by atoms with Crippen molar-refractivity contribution in [3.05, 3.63) is 134 Å². The second-order valence-corrected chi connectivity index (χ2v) is 29.8. The average molecular weight is 1390 g/mol. The van der Waals surface area contributed by atoms with Gasteiger partial charge in [-0.05, 0) is 116 Å². The van der Waals surface area contributed by atoms with E-state index in [-0.39, 0.29) is 32.0 Å². The van der Waals surface area contributed by atoms with Crippen LogP contribution in [0.2, 0.25) is 0 Å². The molecule has 0 heterocycles. The molecule has 0 N–H and O–H groups in total. The number of quaternary nitrogens is 1. The summed E-state index contributed by atoms with van der Waals surface area (Å²) in [5.41, 5.74) is 0. The number of carbonyl (C=O) groups excluding carboxylic acids is 2. The molecule has 2 atom stereocenters. The van der Waals surface area contributed by atoms with Crippen LogP contribution in [0.3, 0.4) is 0 Å². The highest BCUT2D eigenvalue weighted by molar-refractivity contribution is 7.45. The molecule has 0 aliphatic carbocycles. The maximum absolute atomic E-state index is 12.9. The maximum atomic E-state index is 12.9. The lowest BCUT2D eigenvalue weighted by Crippen LogP contribution is -2.37. The normalized spacial score (nSPS) is 13.7. The van der Waals surface area contributed by atoms with Crippen molar-refractivity contribution in [2.75, 3.05) is 47.5 Å². The SMILES string of the molecule is CC/C=C\C/C=C\C/C=C\C/C=C\C/C=C\C/C=C\C/C=C\C/C=C\CCCCCCCCCCCCCCCCCCC(=O)OC(COC(=O)CCCCCCCCCCCCCCCCCCCC/C=C\C/C=C\C/C=C\CCCCCCC)COP(=O)([O-])OCC[N+](C)(C)C. The number of hydrogen-bond donors (Lipinski definition) is 0. The van der Waals surface area contributed by atoms with Gasteiger partial charge in [0.15, 0.2) is 6.10 Å². The fourth-order valence-electron chi connectivity index (χ4n) is 11.4. The van der Waals surface area contributed by atoms with Gasteiger partial charge in [-0.1, -0.05) is 366 Å². The monoisotopic (exact) mass is 1380 g/mol. The molecule has 98 heavy (non-hydrogen) atoms. The standard InChI is InChI=1S/C88H154NO8P/c1-6-8-10-12-14-16-18-20-22-24-26-28-30-32-34-36-38-40-41-42-43-44-45-46-47-49-51-53-55-57-59-61-63-65-67-69-71-73-75-77-79-81-88(91)97-86(85-96-98(92,93)95-83-82-89(3,4)5)84-94-87(90)80-78-76-74-72-70-68-66-64-62-60-58-56-54-52-50-48-39-37-35-33-31-29-27-25-23-21-19-17-15-13-11-9-7-2/h8,10,14,16,19-22,25-28,31-34,38,40,42-43,45-46,86H,6-7,9,11-13,15,17-18,23-24,29-30,35-37,39,41,44,47-85H2,1-5H3/b10-8-,16-14-,21-19-,22-20-,27-25-,28-26-,33-31-,34-32-,40-38-,43-42-,46-45-. The van der Waals surface area contributed by atoms with Crippen LogP contribution in [0.15, 0.2) is 134 Å². The molecular formula is C88H154NO8P. The molecule has 9 nitrogen and oxygen atoms in total. The maximum Gasteiger partial charge on any atom is 0.306 e. The van der Waals surface area contributed by atoms with Crippen molar-refractivity contribution in [2.45, 2.75) is 367 Å². The second-order valence-electron chi connectivity index (χ2n) is 28.4. The molecule has 0 fully saturated rings. The molecule has 0 saturated carbocycles. The molecule has 0 bridgehead atoms. The van der Waals surface area contributed by atoms with Crippen LogP contribution in [0.25, 0.3) is 0 Å². The van der Waals surface area contributed by atoms with E-state index in [1.807, 2.05) is 21.1 Å². The summed E-state index contributed by atoms with van der Waals surface area (Å²) in [5.74, 6) is -0.823. The van der Waals surface area contributed by atoms with Gasteiger partial charge in [0.1, 0.15) is 19.8 Å². The number of allylic oxidation sites excluding steroid dienone is 22. The van der Waals surface area contributed by atoms with Gasteiger partial charge in [-0.25, -0.2) is 0 Å². The Bertz CT molecular complexity index is 2120. The van der Waals surface area contributed by atoms with Crippen molar-refractivity contribution in [3.63, 3.8) is 0 Å². The smallest absolute Gasteiger partial charge is 0.306 e. The zero-order chi connectivity index (χ0) is 71.1. The number of carbonyl (C=O) groups is 2. The van der Waals surface area contributed by atoms with Crippen molar-refractivity contribution < 1.29 is 42.1 Å². The molecule has 0 amide bonds. The molecule has 0 rings (SSSR count). The van der Waals surface area contributed by atoms with Crippen molar-refractivity contribution >= 4 is 19.8 Å². The van der Waals surface area contributed by atoms with Gasteiger partial charge in [-0.2, -0.15) is 0 Å². The predicted octanol–water partition coefficient (Wildman–Crippen LogP) is 26.9. The van der Waals surface area contributed by atoms with Gasteiger partial charge in [0, 0.05) is 12.8 Å². The number of ether oxygens (including phenoxy) is 2. The number of phosphoric acid groups is 1. The number of nitrogens with zero attached hydrogens (tertiary/aromatic N) is 1. The molecule has 0 radical (unpaired) electrons. The summed E-state index contributed by atoms with van der Waals surface area (Å²) in [6, 6.07) is 0. The Morgan fingerprint density at radius 3 is 0.867 bits per heavy atom. The first-order valence-corrected chi connectivity index (χ1v) is 42.4. The number of likely N-dealkylation sites (N-methyl/N-ethyl adjacent to an activating group) is 1.